The van der Waals surface area contributed by atoms with E-state index in [1.807, 2.05) is 13.0 Å². The molecule has 0 radical (unpaired) electrons. The summed E-state index contributed by atoms with van der Waals surface area (Å²) in [4.78, 5) is 40.5. The highest BCUT2D eigenvalue weighted by Gasteiger charge is 2.33. The number of amides is 3. The number of nitrogens with one attached hydrogen (secondary N) is 3. The lowest BCUT2D eigenvalue weighted by atomic mass is 10.0. The fourth-order valence-electron chi connectivity index (χ4n) is 4.98. The van der Waals surface area contributed by atoms with Gasteiger partial charge in [-0.2, -0.15) is 13.2 Å². The molecule has 4 rings (SSSR count). The van der Waals surface area contributed by atoms with Crippen LogP contribution in [0, 0.1) is 0 Å². The molecule has 0 aliphatic carbocycles. The van der Waals surface area contributed by atoms with E-state index in [-0.39, 0.29) is 37.1 Å². The molecule has 47 heavy (non-hydrogen) atoms. The van der Waals surface area contributed by atoms with Crippen LogP contribution in [0.5, 0.6) is 5.75 Å². The average Bonchev–Trinajstić information content (AvgIpc) is 3.07. The number of ether oxygens (including phenoxy) is 1. The zero-order valence-corrected chi connectivity index (χ0v) is 25.8. The molecule has 0 saturated heterocycles. The number of rotatable bonds is 14. The molecular formula is C36H37F3N4O4. The highest BCUT2D eigenvalue weighted by atomic mass is 19.4. The Morgan fingerprint density at radius 2 is 1.32 bits per heavy atom. The molecule has 0 saturated carbocycles. The van der Waals surface area contributed by atoms with Crippen molar-refractivity contribution in [2.75, 3.05) is 6.61 Å². The van der Waals surface area contributed by atoms with Gasteiger partial charge in [0.05, 0.1) is 12.2 Å². The first-order valence-electron chi connectivity index (χ1n) is 15.2. The zero-order valence-electron chi connectivity index (χ0n) is 25.8. The number of carbonyl (C=O) groups is 3. The Kier molecular flexibility index (Phi) is 12.1. The van der Waals surface area contributed by atoms with E-state index in [1.165, 1.54) is 12.1 Å². The van der Waals surface area contributed by atoms with Crippen molar-refractivity contribution in [1.82, 2.24) is 16.0 Å². The number of alkyl halides is 3. The molecular weight excluding hydrogens is 609 g/mol. The van der Waals surface area contributed by atoms with Gasteiger partial charge in [0.15, 0.2) is 0 Å². The lowest BCUT2D eigenvalue weighted by Gasteiger charge is -2.24. The molecule has 8 nitrogen and oxygen atoms in total. The maximum Gasteiger partial charge on any atom is 0.416 e. The van der Waals surface area contributed by atoms with E-state index in [0.29, 0.717) is 17.9 Å². The summed E-state index contributed by atoms with van der Waals surface area (Å²) in [6.45, 7) is 1.86. The van der Waals surface area contributed by atoms with Crippen molar-refractivity contribution in [2.45, 2.75) is 51.1 Å². The average molecular weight is 647 g/mol. The van der Waals surface area contributed by atoms with Crippen molar-refractivity contribution in [1.29, 1.82) is 0 Å². The maximum atomic E-state index is 13.8. The molecule has 0 fully saturated rings. The highest BCUT2D eigenvalue weighted by molar-refractivity contribution is 5.98. The van der Waals surface area contributed by atoms with E-state index in [2.05, 4.69) is 16.0 Å². The highest BCUT2D eigenvalue weighted by Crippen LogP contribution is 2.32. The van der Waals surface area contributed by atoms with Crippen LogP contribution < -0.4 is 26.4 Å². The Morgan fingerprint density at radius 3 is 1.91 bits per heavy atom. The third kappa shape index (κ3) is 10.2. The minimum atomic E-state index is -4.61. The van der Waals surface area contributed by atoms with Crippen LogP contribution in [0.1, 0.15) is 45.1 Å². The third-order valence-corrected chi connectivity index (χ3v) is 7.41. The molecule has 2 atom stereocenters. The van der Waals surface area contributed by atoms with E-state index in [4.69, 9.17) is 10.5 Å². The lowest BCUT2D eigenvalue weighted by molar-refractivity contribution is -0.138. The second-order valence-corrected chi connectivity index (χ2v) is 10.8. The fraction of sp³-hybridized carbons (Fsp3) is 0.250. The summed E-state index contributed by atoms with van der Waals surface area (Å²) in [6, 6.07) is 26.1. The summed E-state index contributed by atoms with van der Waals surface area (Å²) in [5.41, 5.74) is 6.63. The minimum Gasteiger partial charge on any atom is -0.494 e. The van der Waals surface area contributed by atoms with Gasteiger partial charge in [0.1, 0.15) is 17.8 Å². The molecule has 3 amide bonds. The Hall–Kier alpha value is -5.16. The fourth-order valence-corrected chi connectivity index (χ4v) is 4.98. The first-order valence-corrected chi connectivity index (χ1v) is 15.2. The van der Waals surface area contributed by atoms with Crippen molar-refractivity contribution in [3.63, 3.8) is 0 Å². The number of carbonyl (C=O) groups excluding carboxylic acids is 3. The van der Waals surface area contributed by atoms with Crippen LogP contribution in [-0.2, 0) is 41.7 Å². The number of nitrogens with two attached hydrogens (primary N) is 1. The lowest BCUT2D eigenvalue weighted by Crippen LogP contribution is -2.55. The van der Waals surface area contributed by atoms with Gasteiger partial charge in [0.2, 0.25) is 11.8 Å². The monoisotopic (exact) mass is 646 g/mol. The van der Waals surface area contributed by atoms with Gasteiger partial charge in [-0.1, -0.05) is 72.8 Å². The van der Waals surface area contributed by atoms with Gasteiger partial charge in [-0.05, 0) is 59.5 Å². The standard InChI is InChI=1S/C36H37F3N4O4/c1-2-47-29-17-14-25(15-18-29)21-32(42-33(44)27-11-7-4-8-12-27)35(46)43-31(20-24-9-5-3-6-10-24)34(45)41-23-26-13-16-28(22-40)30(19-26)36(37,38)39/h3-19,31-32H,2,20-23,40H2,1H3,(H,41,45)(H,42,44)(H,43,46)/t31-,32+/m0/s1. The Morgan fingerprint density at radius 1 is 0.745 bits per heavy atom. The minimum absolute atomic E-state index is 0.0575. The van der Waals surface area contributed by atoms with Crippen LogP contribution in [0.3, 0.4) is 0 Å². The first kappa shape index (κ1) is 34.7. The molecule has 0 aliphatic rings. The summed E-state index contributed by atoms with van der Waals surface area (Å²) in [7, 11) is 0. The summed E-state index contributed by atoms with van der Waals surface area (Å²) < 4.78 is 46.3. The molecule has 11 heteroatoms. The van der Waals surface area contributed by atoms with Gasteiger partial charge in [-0.15, -0.1) is 0 Å². The van der Waals surface area contributed by atoms with Crippen LogP contribution in [-0.4, -0.2) is 36.4 Å². The van der Waals surface area contributed by atoms with Gasteiger partial charge < -0.3 is 26.4 Å². The molecule has 0 aromatic heterocycles. The molecule has 5 N–H and O–H groups in total. The van der Waals surface area contributed by atoms with E-state index in [9.17, 15) is 27.6 Å². The number of hydrogen-bond donors (Lipinski definition) is 4. The summed E-state index contributed by atoms with van der Waals surface area (Å²) in [6.07, 6.45) is -4.40. The molecule has 0 heterocycles. The van der Waals surface area contributed by atoms with Gasteiger partial charge in [0.25, 0.3) is 5.91 Å². The Labute approximate surface area is 271 Å². The second-order valence-electron chi connectivity index (χ2n) is 10.8. The van der Waals surface area contributed by atoms with Gasteiger partial charge >= 0.3 is 6.18 Å². The molecule has 0 unspecified atom stereocenters. The molecule has 0 spiro atoms. The summed E-state index contributed by atoms with van der Waals surface area (Å²) in [5.74, 6) is -1.02. The number of halogens is 3. The smallest absolute Gasteiger partial charge is 0.416 e. The largest absolute Gasteiger partial charge is 0.494 e. The molecule has 4 aromatic rings. The van der Waals surface area contributed by atoms with Crippen molar-refractivity contribution in [3.05, 3.63) is 137 Å². The van der Waals surface area contributed by atoms with Crippen molar-refractivity contribution < 1.29 is 32.3 Å². The normalized spacial score (nSPS) is 12.4. The van der Waals surface area contributed by atoms with Gasteiger partial charge in [-0.25, -0.2) is 0 Å². The quantitative estimate of drug-likeness (QED) is 0.155. The van der Waals surface area contributed by atoms with Gasteiger partial charge in [0, 0.05) is 31.5 Å². The SMILES string of the molecule is CCOc1ccc(C[C@@H](NC(=O)c2ccccc2)C(=O)N[C@@H](Cc2ccccc2)C(=O)NCc2ccc(CN)c(C(F)(F)F)c2)cc1. The first-order chi connectivity index (χ1) is 22.6. The van der Waals surface area contributed by atoms with Gasteiger partial charge in [-0.3, -0.25) is 14.4 Å². The summed E-state index contributed by atoms with van der Waals surface area (Å²) in [5, 5.41) is 8.23. The molecule has 0 aliphatic heterocycles. The van der Waals surface area contributed by atoms with Crippen molar-refractivity contribution in [3.8, 4) is 5.75 Å². The zero-order chi connectivity index (χ0) is 33.8. The maximum absolute atomic E-state index is 13.8. The van der Waals surface area contributed by atoms with E-state index >= 15 is 0 Å². The number of benzene rings is 4. The predicted octanol–water partition coefficient (Wildman–Crippen LogP) is 4.95. The predicted molar refractivity (Wildman–Crippen MR) is 172 cm³/mol. The van der Waals surface area contributed by atoms with E-state index < -0.39 is 41.5 Å². The molecule has 0 bridgehead atoms. The van der Waals surface area contributed by atoms with E-state index in [1.54, 1.807) is 78.9 Å². The van der Waals surface area contributed by atoms with Crippen LogP contribution >= 0.6 is 0 Å². The Balaban J connectivity index is 1.56. The van der Waals surface area contributed by atoms with Crippen molar-refractivity contribution >= 4 is 17.7 Å². The van der Waals surface area contributed by atoms with Crippen LogP contribution in [0.15, 0.2) is 103 Å². The molecule has 4 aromatic carbocycles. The van der Waals surface area contributed by atoms with Crippen molar-refractivity contribution in [2.24, 2.45) is 5.73 Å². The van der Waals surface area contributed by atoms with Crippen LogP contribution in [0.4, 0.5) is 13.2 Å². The summed E-state index contributed by atoms with van der Waals surface area (Å²) >= 11 is 0. The molecule has 246 valence electrons. The van der Waals surface area contributed by atoms with E-state index in [0.717, 1.165) is 17.2 Å². The second kappa shape index (κ2) is 16.4. The van der Waals surface area contributed by atoms with Crippen LogP contribution in [0.25, 0.3) is 0 Å². The Bertz CT molecular complexity index is 1630. The van der Waals surface area contributed by atoms with Crippen LogP contribution in [0.2, 0.25) is 0 Å². The third-order valence-electron chi connectivity index (χ3n) is 7.41. The number of hydrogen-bond acceptors (Lipinski definition) is 5. The topological polar surface area (TPSA) is 123 Å².